The van der Waals surface area contributed by atoms with Crippen LogP contribution in [-0.2, 0) is 12.3 Å². The van der Waals surface area contributed by atoms with Gasteiger partial charge in [-0.25, -0.2) is 5.10 Å². The molecule has 33 heavy (non-hydrogen) atoms. The predicted molar refractivity (Wildman–Crippen MR) is 122 cm³/mol. The van der Waals surface area contributed by atoms with Gasteiger partial charge in [-0.2, -0.15) is 8.78 Å². The first-order valence-corrected chi connectivity index (χ1v) is 11.5. The van der Waals surface area contributed by atoms with E-state index in [4.69, 9.17) is 0 Å². The highest BCUT2D eigenvalue weighted by Gasteiger charge is 2.39. The Bertz CT molecular complexity index is 1100. The normalized spacial score (nSPS) is 17.7. The van der Waals surface area contributed by atoms with Gasteiger partial charge in [-0.05, 0) is 34.9 Å². The number of carbonyl (C=O) groups is 1. The smallest absolute Gasteiger partial charge is 0.302 e. The summed E-state index contributed by atoms with van der Waals surface area (Å²) in [6, 6.07) is 14.7. The van der Waals surface area contributed by atoms with Crippen molar-refractivity contribution in [2.75, 3.05) is 12.3 Å². The maximum Gasteiger partial charge on any atom is 0.302 e. The molecule has 1 aliphatic rings. The van der Waals surface area contributed by atoms with Crippen molar-refractivity contribution in [2.45, 2.75) is 30.9 Å². The highest BCUT2D eigenvalue weighted by atomic mass is 32.2. The quantitative estimate of drug-likeness (QED) is 0.458. The Balaban J connectivity index is 1.35. The molecule has 0 radical (unpaired) electrons. The summed E-state index contributed by atoms with van der Waals surface area (Å²) in [7, 11) is 0. The van der Waals surface area contributed by atoms with Crippen molar-refractivity contribution in [1.29, 1.82) is 0 Å². The van der Waals surface area contributed by atoms with Crippen LogP contribution in [0, 0.1) is 0 Å². The van der Waals surface area contributed by atoms with Crippen LogP contribution in [0.1, 0.15) is 17.5 Å². The van der Waals surface area contributed by atoms with Gasteiger partial charge in [0, 0.05) is 23.4 Å². The lowest BCUT2D eigenvalue weighted by Gasteiger charge is -2.23. The number of nitrogens with one attached hydrogen (secondary N) is 1. The summed E-state index contributed by atoms with van der Waals surface area (Å²) >= 11 is 1.16. The van der Waals surface area contributed by atoms with Gasteiger partial charge in [0.15, 0.2) is 5.82 Å². The van der Waals surface area contributed by atoms with Gasteiger partial charge in [-0.3, -0.25) is 4.79 Å². The molecule has 1 fully saturated rings. The number of rotatable bonds is 9. The Kier molecular flexibility index (Phi) is 7.14. The zero-order chi connectivity index (χ0) is 23.3. The van der Waals surface area contributed by atoms with Gasteiger partial charge >= 0.3 is 5.92 Å². The van der Waals surface area contributed by atoms with E-state index < -0.39 is 12.0 Å². The molecule has 2 N–H and O–H groups in total. The molecule has 0 spiro atoms. The molecule has 0 aliphatic carbocycles. The molecule has 2 atom stereocenters. The maximum atomic E-state index is 14.5. The fourth-order valence-corrected chi connectivity index (χ4v) is 4.67. The van der Waals surface area contributed by atoms with Crippen LogP contribution in [0.15, 0.2) is 66.7 Å². The molecule has 0 bridgehead atoms. The standard InChI is InChI=1S/C23H23F2N5O2S/c24-23(25,18-9-2-1-3-10-18)20(31)12-11-19-15-33-22(32)30(19)13-5-7-16-6-4-8-17(14-16)21-26-28-29-27-21/h1-4,6,8-12,14,19-20,31H,5,7,13,15H2,(H,26,27,28,29). The number of thioether (sulfide) groups is 1. The van der Waals surface area contributed by atoms with Gasteiger partial charge in [0.05, 0.1) is 6.04 Å². The van der Waals surface area contributed by atoms with Crippen LogP contribution in [0.25, 0.3) is 11.4 Å². The summed E-state index contributed by atoms with van der Waals surface area (Å²) in [6.45, 7) is 0.486. The predicted octanol–water partition coefficient (Wildman–Crippen LogP) is 4.05. The van der Waals surface area contributed by atoms with Gasteiger partial charge < -0.3 is 10.0 Å². The zero-order valence-electron chi connectivity index (χ0n) is 17.6. The number of amides is 1. The first-order chi connectivity index (χ1) is 15.9. The minimum Gasteiger partial charge on any atom is -0.382 e. The monoisotopic (exact) mass is 471 g/mol. The molecular weight excluding hydrogens is 448 g/mol. The highest BCUT2D eigenvalue weighted by Crippen LogP contribution is 2.33. The molecule has 10 heteroatoms. The fraction of sp³-hybridized carbons (Fsp3) is 0.304. The second-order valence-electron chi connectivity index (χ2n) is 7.71. The molecule has 7 nitrogen and oxygen atoms in total. The number of tetrazole rings is 1. The number of hydrogen-bond donors (Lipinski definition) is 2. The molecule has 172 valence electrons. The van der Waals surface area contributed by atoms with E-state index in [0.29, 0.717) is 24.5 Å². The van der Waals surface area contributed by atoms with Crippen molar-refractivity contribution in [1.82, 2.24) is 25.5 Å². The van der Waals surface area contributed by atoms with Crippen molar-refractivity contribution in [2.24, 2.45) is 0 Å². The average molecular weight is 472 g/mol. The molecule has 2 unspecified atom stereocenters. The number of hydrogen-bond acceptors (Lipinski definition) is 6. The number of aliphatic hydroxyl groups is 1. The first kappa shape index (κ1) is 23.1. The fourth-order valence-electron chi connectivity index (χ4n) is 3.68. The van der Waals surface area contributed by atoms with E-state index in [9.17, 15) is 18.7 Å². The molecule has 3 aromatic rings. The lowest BCUT2D eigenvalue weighted by Crippen LogP contribution is -2.34. The molecule has 2 heterocycles. The van der Waals surface area contributed by atoms with E-state index in [1.54, 1.807) is 11.0 Å². The summed E-state index contributed by atoms with van der Waals surface area (Å²) < 4.78 is 29.0. The summed E-state index contributed by atoms with van der Waals surface area (Å²) in [4.78, 5) is 14.0. The number of carbonyl (C=O) groups excluding carboxylic acids is 1. The number of aliphatic hydroxyl groups excluding tert-OH is 1. The molecule has 0 saturated carbocycles. The van der Waals surface area contributed by atoms with Crippen LogP contribution in [0.4, 0.5) is 13.6 Å². The number of nitrogens with zero attached hydrogens (tertiary/aromatic N) is 4. The van der Waals surface area contributed by atoms with Crippen LogP contribution in [0.3, 0.4) is 0 Å². The third kappa shape index (κ3) is 5.45. The van der Waals surface area contributed by atoms with Gasteiger partial charge in [0.25, 0.3) is 5.24 Å². The number of aryl methyl sites for hydroxylation is 1. The second-order valence-corrected chi connectivity index (χ2v) is 8.68. The number of benzene rings is 2. The Morgan fingerprint density at radius 2 is 2.06 bits per heavy atom. The first-order valence-electron chi connectivity index (χ1n) is 10.5. The lowest BCUT2D eigenvalue weighted by molar-refractivity contribution is -0.0929. The molecule has 1 aromatic heterocycles. The van der Waals surface area contributed by atoms with Gasteiger partial charge in [0.1, 0.15) is 6.10 Å². The van der Waals surface area contributed by atoms with Crippen LogP contribution < -0.4 is 0 Å². The minimum atomic E-state index is -3.41. The number of aromatic amines is 1. The number of H-pyrrole nitrogens is 1. The van der Waals surface area contributed by atoms with E-state index in [0.717, 1.165) is 35.4 Å². The second kappa shape index (κ2) is 10.2. The largest absolute Gasteiger partial charge is 0.382 e. The van der Waals surface area contributed by atoms with E-state index in [2.05, 4.69) is 20.6 Å². The van der Waals surface area contributed by atoms with E-state index >= 15 is 0 Å². The summed E-state index contributed by atoms with van der Waals surface area (Å²) in [5, 5.41) is 23.8. The molecule has 4 rings (SSSR count). The summed E-state index contributed by atoms with van der Waals surface area (Å²) in [6.07, 6.45) is 2.07. The number of alkyl halides is 2. The van der Waals surface area contributed by atoms with E-state index in [-0.39, 0.29) is 16.8 Å². The van der Waals surface area contributed by atoms with Crippen molar-refractivity contribution in [3.63, 3.8) is 0 Å². The molecular formula is C23H23F2N5O2S. The van der Waals surface area contributed by atoms with Gasteiger partial charge in [-0.1, -0.05) is 72.4 Å². The minimum absolute atomic E-state index is 0.0876. The van der Waals surface area contributed by atoms with Crippen molar-refractivity contribution < 1.29 is 18.7 Å². The lowest BCUT2D eigenvalue weighted by atomic mass is 10.0. The SMILES string of the molecule is O=C1SCC(C=CC(O)C(F)(F)c2ccccc2)N1CCCc1cccc(-c2nnn[nH]2)c1. The van der Waals surface area contributed by atoms with Gasteiger partial charge in [-0.15, -0.1) is 5.10 Å². The maximum absolute atomic E-state index is 14.5. The Labute approximate surface area is 193 Å². The average Bonchev–Trinajstić information content (AvgIpc) is 3.49. The number of aromatic nitrogens is 4. The van der Waals surface area contributed by atoms with Crippen LogP contribution in [-0.4, -0.2) is 60.3 Å². The summed E-state index contributed by atoms with van der Waals surface area (Å²) in [5.41, 5.74) is 1.70. The van der Waals surface area contributed by atoms with Gasteiger partial charge in [0.2, 0.25) is 0 Å². The van der Waals surface area contributed by atoms with Crippen molar-refractivity contribution in [3.05, 3.63) is 77.9 Å². The number of halogens is 2. The zero-order valence-corrected chi connectivity index (χ0v) is 18.5. The van der Waals surface area contributed by atoms with Crippen LogP contribution in [0.5, 0.6) is 0 Å². The topological polar surface area (TPSA) is 95.0 Å². The Morgan fingerprint density at radius 1 is 1.24 bits per heavy atom. The summed E-state index contributed by atoms with van der Waals surface area (Å²) in [5.74, 6) is -2.37. The molecule has 1 saturated heterocycles. The van der Waals surface area contributed by atoms with Crippen molar-refractivity contribution >= 4 is 17.0 Å². The molecule has 1 amide bonds. The van der Waals surface area contributed by atoms with E-state index in [1.807, 2.05) is 24.3 Å². The van der Waals surface area contributed by atoms with Crippen LogP contribution in [0.2, 0.25) is 0 Å². The Hall–Kier alpha value is -3.11. The Morgan fingerprint density at radius 3 is 2.82 bits per heavy atom. The highest BCUT2D eigenvalue weighted by molar-refractivity contribution is 8.13. The van der Waals surface area contributed by atoms with Crippen LogP contribution >= 0.6 is 11.8 Å². The molecule has 2 aromatic carbocycles. The van der Waals surface area contributed by atoms with Crippen molar-refractivity contribution in [3.8, 4) is 11.4 Å². The molecule has 1 aliphatic heterocycles. The third-order valence-corrected chi connectivity index (χ3v) is 6.46. The van der Waals surface area contributed by atoms with E-state index in [1.165, 1.54) is 30.3 Å². The third-order valence-electron chi connectivity index (χ3n) is 5.47.